The van der Waals surface area contributed by atoms with Gasteiger partial charge in [0.15, 0.2) is 0 Å². The van der Waals surface area contributed by atoms with Gasteiger partial charge in [0.2, 0.25) is 0 Å². The third-order valence-electron chi connectivity index (χ3n) is 3.76. The number of aryl methyl sites for hydroxylation is 1. The van der Waals surface area contributed by atoms with E-state index < -0.39 is 5.97 Å². The van der Waals surface area contributed by atoms with Gasteiger partial charge in [-0.2, -0.15) is 0 Å². The third kappa shape index (κ3) is 3.10. The summed E-state index contributed by atoms with van der Waals surface area (Å²) in [5.74, 6) is 0.306. The molecule has 6 heteroatoms. The lowest BCUT2D eigenvalue weighted by Gasteiger charge is -2.04. The smallest absolute Gasteiger partial charge is 0.349 e. The van der Waals surface area contributed by atoms with Crippen LogP contribution in [0.4, 0.5) is 0 Å². The molecule has 0 saturated heterocycles. The highest BCUT2D eigenvalue weighted by atomic mass is 32.1. The number of aromatic amines is 1. The van der Waals surface area contributed by atoms with Gasteiger partial charge in [0.1, 0.15) is 22.1 Å². The molecule has 0 fully saturated rings. The molecular formula is C18H18N2O3S. The maximum absolute atomic E-state index is 12.4. The van der Waals surface area contributed by atoms with Gasteiger partial charge in [-0.3, -0.25) is 4.79 Å². The summed E-state index contributed by atoms with van der Waals surface area (Å²) in [5, 5.41) is 0.469. The van der Waals surface area contributed by atoms with Crippen molar-refractivity contribution in [1.82, 2.24) is 9.97 Å². The van der Waals surface area contributed by atoms with E-state index in [2.05, 4.69) is 9.97 Å². The summed E-state index contributed by atoms with van der Waals surface area (Å²) < 4.78 is 5.37. The number of ether oxygens (including phenoxy) is 1. The van der Waals surface area contributed by atoms with E-state index in [4.69, 9.17) is 4.74 Å². The summed E-state index contributed by atoms with van der Waals surface area (Å²) in [6.45, 7) is 5.87. The molecular weight excluding hydrogens is 324 g/mol. The molecule has 0 aliphatic heterocycles. The zero-order valence-corrected chi connectivity index (χ0v) is 14.6. The molecule has 5 nitrogen and oxygen atoms in total. The highest BCUT2D eigenvalue weighted by Crippen LogP contribution is 2.28. The van der Waals surface area contributed by atoms with E-state index >= 15 is 0 Å². The minimum absolute atomic E-state index is 0.109. The van der Waals surface area contributed by atoms with Crippen molar-refractivity contribution in [3.8, 4) is 0 Å². The number of hydrogen-bond donors (Lipinski definition) is 1. The van der Waals surface area contributed by atoms with E-state index in [0.717, 1.165) is 5.56 Å². The van der Waals surface area contributed by atoms with Crippen molar-refractivity contribution >= 4 is 27.5 Å². The van der Waals surface area contributed by atoms with E-state index in [1.54, 1.807) is 6.92 Å². The molecule has 1 N–H and O–H groups in total. The summed E-state index contributed by atoms with van der Waals surface area (Å²) in [5.41, 5.74) is 1.33. The number of fused-ring (bicyclic) bond motifs is 1. The number of aromatic nitrogens is 2. The Morgan fingerprint density at radius 3 is 2.67 bits per heavy atom. The molecule has 0 bridgehead atoms. The molecule has 3 aromatic rings. The fourth-order valence-electron chi connectivity index (χ4n) is 2.42. The minimum Gasteiger partial charge on any atom is -0.457 e. The van der Waals surface area contributed by atoms with E-state index in [-0.39, 0.29) is 18.1 Å². The van der Waals surface area contributed by atoms with Crippen LogP contribution in [0, 0.1) is 6.92 Å². The van der Waals surface area contributed by atoms with Crippen molar-refractivity contribution < 1.29 is 9.53 Å². The lowest BCUT2D eigenvalue weighted by atomic mass is 10.2. The molecule has 124 valence electrons. The Hall–Kier alpha value is -2.47. The SMILES string of the molecule is Cc1c(C(=O)OCc2ccccc2)sc2nc(C(C)C)[nH]c(=O)c12. The van der Waals surface area contributed by atoms with Crippen LogP contribution in [0.2, 0.25) is 0 Å². The van der Waals surface area contributed by atoms with Crippen molar-refractivity contribution in [3.05, 3.63) is 62.5 Å². The van der Waals surface area contributed by atoms with Gasteiger partial charge in [0.25, 0.3) is 5.56 Å². The fraction of sp³-hybridized carbons (Fsp3) is 0.278. The minimum atomic E-state index is -0.426. The van der Waals surface area contributed by atoms with Gasteiger partial charge in [-0.25, -0.2) is 9.78 Å². The molecule has 0 radical (unpaired) electrons. The van der Waals surface area contributed by atoms with Crippen LogP contribution in [-0.2, 0) is 11.3 Å². The summed E-state index contributed by atoms with van der Waals surface area (Å²) in [7, 11) is 0. The molecule has 3 rings (SSSR count). The van der Waals surface area contributed by atoms with Crippen molar-refractivity contribution in [2.24, 2.45) is 0 Å². The van der Waals surface area contributed by atoms with Crippen molar-refractivity contribution in [1.29, 1.82) is 0 Å². The Labute approximate surface area is 143 Å². The number of hydrogen-bond acceptors (Lipinski definition) is 5. The molecule has 0 aliphatic carbocycles. The van der Waals surface area contributed by atoms with Crippen LogP contribution >= 0.6 is 11.3 Å². The Bertz CT molecular complexity index is 942. The first-order chi connectivity index (χ1) is 11.5. The third-order valence-corrected chi connectivity index (χ3v) is 4.93. The van der Waals surface area contributed by atoms with Gasteiger partial charge >= 0.3 is 5.97 Å². The van der Waals surface area contributed by atoms with E-state index in [0.29, 0.717) is 26.5 Å². The summed E-state index contributed by atoms with van der Waals surface area (Å²) in [6, 6.07) is 9.49. The number of esters is 1. The lowest BCUT2D eigenvalue weighted by molar-refractivity contribution is 0.0478. The lowest BCUT2D eigenvalue weighted by Crippen LogP contribution is -2.12. The number of H-pyrrole nitrogens is 1. The molecule has 2 heterocycles. The van der Waals surface area contributed by atoms with Gasteiger partial charge in [0, 0.05) is 5.92 Å². The van der Waals surface area contributed by atoms with Crippen LogP contribution in [0.5, 0.6) is 0 Å². The van der Waals surface area contributed by atoms with Crippen LogP contribution in [0.25, 0.3) is 10.2 Å². The van der Waals surface area contributed by atoms with Crippen LogP contribution in [0.1, 0.15) is 46.4 Å². The van der Waals surface area contributed by atoms with Crippen LogP contribution < -0.4 is 5.56 Å². The topological polar surface area (TPSA) is 72.0 Å². The number of nitrogens with one attached hydrogen (secondary N) is 1. The Balaban J connectivity index is 1.92. The molecule has 0 aliphatic rings. The van der Waals surface area contributed by atoms with Gasteiger partial charge in [-0.1, -0.05) is 44.2 Å². The second kappa shape index (κ2) is 6.57. The van der Waals surface area contributed by atoms with Crippen LogP contribution in [-0.4, -0.2) is 15.9 Å². The fourth-order valence-corrected chi connectivity index (χ4v) is 3.50. The largest absolute Gasteiger partial charge is 0.457 e. The van der Waals surface area contributed by atoms with E-state index in [1.165, 1.54) is 11.3 Å². The number of carbonyl (C=O) groups is 1. The molecule has 2 aromatic heterocycles. The summed E-state index contributed by atoms with van der Waals surface area (Å²) in [6.07, 6.45) is 0. The molecule has 0 amide bonds. The van der Waals surface area contributed by atoms with Crippen molar-refractivity contribution in [2.75, 3.05) is 0 Å². The number of carbonyl (C=O) groups excluding carboxylic acids is 1. The highest BCUT2D eigenvalue weighted by molar-refractivity contribution is 7.20. The first-order valence-electron chi connectivity index (χ1n) is 7.71. The van der Waals surface area contributed by atoms with Crippen molar-refractivity contribution in [3.63, 3.8) is 0 Å². The van der Waals surface area contributed by atoms with Gasteiger partial charge < -0.3 is 9.72 Å². The average molecular weight is 342 g/mol. The van der Waals surface area contributed by atoms with Gasteiger partial charge in [-0.15, -0.1) is 11.3 Å². The Kier molecular flexibility index (Phi) is 4.49. The Morgan fingerprint density at radius 1 is 1.29 bits per heavy atom. The molecule has 1 aromatic carbocycles. The zero-order chi connectivity index (χ0) is 17.3. The van der Waals surface area contributed by atoms with Crippen LogP contribution in [0.3, 0.4) is 0 Å². The molecule has 0 atom stereocenters. The quantitative estimate of drug-likeness (QED) is 0.733. The number of nitrogens with zero attached hydrogens (tertiary/aromatic N) is 1. The summed E-state index contributed by atoms with van der Waals surface area (Å²) in [4.78, 5) is 33.0. The van der Waals surface area contributed by atoms with Crippen LogP contribution in [0.15, 0.2) is 35.1 Å². The second-order valence-electron chi connectivity index (χ2n) is 5.90. The maximum atomic E-state index is 12.4. The molecule has 0 spiro atoms. The normalized spacial score (nSPS) is 11.2. The second-order valence-corrected chi connectivity index (χ2v) is 6.90. The molecule has 0 saturated carbocycles. The van der Waals surface area contributed by atoms with E-state index in [1.807, 2.05) is 44.2 Å². The first kappa shape index (κ1) is 16.4. The van der Waals surface area contributed by atoms with Gasteiger partial charge in [-0.05, 0) is 18.1 Å². The van der Waals surface area contributed by atoms with Crippen molar-refractivity contribution in [2.45, 2.75) is 33.3 Å². The monoisotopic (exact) mass is 342 g/mol. The standard InChI is InChI=1S/C18H18N2O3S/c1-10(2)15-19-16(21)13-11(3)14(24-17(13)20-15)18(22)23-9-12-7-5-4-6-8-12/h4-8,10H,9H2,1-3H3,(H,19,20,21). The maximum Gasteiger partial charge on any atom is 0.349 e. The number of thiophene rings is 1. The number of benzene rings is 1. The molecule has 24 heavy (non-hydrogen) atoms. The van der Waals surface area contributed by atoms with Gasteiger partial charge in [0.05, 0.1) is 5.39 Å². The highest BCUT2D eigenvalue weighted by Gasteiger charge is 2.21. The predicted octanol–water partition coefficient (Wildman–Crippen LogP) is 3.77. The predicted molar refractivity (Wildman–Crippen MR) is 94.6 cm³/mol. The Morgan fingerprint density at radius 2 is 2.00 bits per heavy atom. The van der Waals surface area contributed by atoms with E-state index in [9.17, 15) is 9.59 Å². The summed E-state index contributed by atoms with van der Waals surface area (Å²) >= 11 is 1.21. The first-order valence-corrected chi connectivity index (χ1v) is 8.53. The zero-order valence-electron chi connectivity index (χ0n) is 13.8. The average Bonchev–Trinajstić information content (AvgIpc) is 2.91. The molecule has 0 unspecified atom stereocenters. The number of rotatable bonds is 4.